The predicted octanol–water partition coefficient (Wildman–Crippen LogP) is 0.151. The number of hydrogen-bond donors (Lipinski definition) is 3. The minimum Gasteiger partial charge on any atom is -0.508 e. The summed E-state index contributed by atoms with van der Waals surface area (Å²) in [6.07, 6.45) is 0. The number of phenolic OH excluding ortho intramolecular Hbond substituents is 1. The first kappa shape index (κ1) is 8.35. The number of amides is 2. The molecule has 0 atom stereocenters. The average molecular weight is 167 g/mol. The Kier molecular flexibility index (Phi) is 2.16. The number of nitrogens with zero attached hydrogens (tertiary/aromatic N) is 1. The smallest absolute Gasteiger partial charge is 0.333 e. The highest BCUT2D eigenvalue weighted by Crippen LogP contribution is 2.17. The van der Waals surface area contributed by atoms with Crippen LogP contribution in [0.2, 0.25) is 0 Å². The van der Waals surface area contributed by atoms with E-state index in [0.29, 0.717) is 5.69 Å². The zero-order valence-corrected chi connectivity index (χ0v) is 6.27. The number of hydrazine groups is 1. The van der Waals surface area contributed by atoms with Gasteiger partial charge in [-0.25, -0.2) is 15.6 Å². The van der Waals surface area contributed by atoms with Crippen molar-refractivity contribution in [3.05, 3.63) is 24.3 Å². The van der Waals surface area contributed by atoms with Crippen LogP contribution in [0.1, 0.15) is 0 Å². The maximum absolute atomic E-state index is 10.6. The van der Waals surface area contributed by atoms with Gasteiger partial charge >= 0.3 is 6.03 Å². The van der Waals surface area contributed by atoms with Gasteiger partial charge in [-0.2, -0.15) is 0 Å². The molecule has 1 aromatic rings. The van der Waals surface area contributed by atoms with Crippen LogP contribution >= 0.6 is 0 Å². The van der Waals surface area contributed by atoms with Gasteiger partial charge in [0.1, 0.15) is 5.75 Å². The van der Waals surface area contributed by atoms with Gasteiger partial charge in [0.25, 0.3) is 0 Å². The molecule has 5 nitrogen and oxygen atoms in total. The molecule has 1 aromatic carbocycles. The SMILES string of the molecule is NC(=O)N(N)c1cccc(O)c1. The molecular weight excluding hydrogens is 158 g/mol. The number of nitrogens with two attached hydrogens (primary N) is 2. The molecule has 0 aliphatic rings. The lowest BCUT2D eigenvalue weighted by molar-refractivity contribution is 0.254. The molecule has 2 amide bonds. The van der Waals surface area contributed by atoms with Crippen molar-refractivity contribution in [1.29, 1.82) is 0 Å². The summed E-state index contributed by atoms with van der Waals surface area (Å²) >= 11 is 0. The fourth-order valence-electron chi connectivity index (χ4n) is 0.770. The van der Waals surface area contributed by atoms with Crippen LogP contribution in [0, 0.1) is 0 Å². The van der Waals surface area contributed by atoms with Crippen LogP contribution < -0.4 is 16.6 Å². The van der Waals surface area contributed by atoms with Gasteiger partial charge < -0.3 is 10.8 Å². The van der Waals surface area contributed by atoms with Crippen molar-refractivity contribution in [1.82, 2.24) is 0 Å². The van der Waals surface area contributed by atoms with Crippen LogP contribution in [0.25, 0.3) is 0 Å². The molecule has 0 aromatic heterocycles. The Hall–Kier alpha value is -1.75. The van der Waals surface area contributed by atoms with Crippen LogP contribution in [0.15, 0.2) is 24.3 Å². The molecule has 5 N–H and O–H groups in total. The van der Waals surface area contributed by atoms with E-state index in [2.05, 4.69) is 0 Å². The van der Waals surface area contributed by atoms with Gasteiger partial charge in [0.15, 0.2) is 0 Å². The highest BCUT2D eigenvalue weighted by Gasteiger charge is 2.06. The van der Waals surface area contributed by atoms with Crippen LogP contribution in [0.4, 0.5) is 10.5 Å². The van der Waals surface area contributed by atoms with Crippen molar-refractivity contribution in [2.75, 3.05) is 5.01 Å². The molecule has 0 radical (unpaired) electrons. The van der Waals surface area contributed by atoms with Crippen LogP contribution in [-0.2, 0) is 0 Å². The molecule has 0 aliphatic heterocycles. The average Bonchev–Trinajstić information content (AvgIpc) is 2.03. The molecule has 1 rings (SSSR count). The molecule has 0 fully saturated rings. The number of primary amides is 1. The molecule has 0 saturated heterocycles. The first-order valence-electron chi connectivity index (χ1n) is 3.24. The molecule has 0 heterocycles. The number of carbonyl (C=O) groups excluding carboxylic acids is 1. The fraction of sp³-hybridized carbons (Fsp3) is 0. The number of benzene rings is 1. The van der Waals surface area contributed by atoms with E-state index < -0.39 is 6.03 Å². The summed E-state index contributed by atoms with van der Waals surface area (Å²) in [7, 11) is 0. The maximum atomic E-state index is 10.6. The van der Waals surface area contributed by atoms with Gasteiger partial charge in [0, 0.05) is 6.07 Å². The highest BCUT2D eigenvalue weighted by atomic mass is 16.3. The lowest BCUT2D eigenvalue weighted by atomic mass is 10.3. The van der Waals surface area contributed by atoms with E-state index in [1.807, 2.05) is 0 Å². The third-order valence-corrected chi connectivity index (χ3v) is 1.35. The Morgan fingerprint density at radius 1 is 1.50 bits per heavy atom. The van der Waals surface area contributed by atoms with E-state index in [1.165, 1.54) is 12.1 Å². The predicted molar refractivity (Wildman–Crippen MR) is 44.4 cm³/mol. The second-order valence-corrected chi connectivity index (χ2v) is 2.23. The number of phenols is 1. The number of hydrogen-bond acceptors (Lipinski definition) is 3. The van der Waals surface area contributed by atoms with Crippen molar-refractivity contribution >= 4 is 11.7 Å². The lowest BCUT2D eigenvalue weighted by Gasteiger charge is -2.12. The van der Waals surface area contributed by atoms with Gasteiger partial charge in [-0.05, 0) is 12.1 Å². The van der Waals surface area contributed by atoms with Crippen LogP contribution in [0.3, 0.4) is 0 Å². The summed E-state index contributed by atoms with van der Waals surface area (Å²) in [5.74, 6) is 5.29. The van der Waals surface area contributed by atoms with Gasteiger partial charge in [0.2, 0.25) is 0 Å². The number of urea groups is 1. The number of aromatic hydroxyl groups is 1. The maximum Gasteiger partial charge on any atom is 0.333 e. The molecule has 5 heteroatoms. The second-order valence-electron chi connectivity index (χ2n) is 2.23. The Morgan fingerprint density at radius 3 is 2.67 bits per heavy atom. The van der Waals surface area contributed by atoms with E-state index in [1.54, 1.807) is 12.1 Å². The quantitative estimate of drug-likeness (QED) is 0.316. The molecule has 0 bridgehead atoms. The summed E-state index contributed by atoms with van der Waals surface area (Å²) in [6.45, 7) is 0. The van der Waals surface area contributed by atoms with Crippen molar-refractivity contribution in [3.63, 3.8) is 0 Å². The molecule has 0 spiro atoms. The Bertz CT molecular complexity index is 300. The summed E-state index contributed by atoms with van der Waals surface area (Å²) in [5, 5.41) is 9.76. The molecule has 0 aliphatic carbocycles. The third-order valence-electron chi connectivity index (χ3n) is 1.35. The fourth-order valence-corrected chi connectivity index (χ4v) is 0.770. The first-order chi connectivity index (χ1) is 5.61. The normalized spacial score (nSPS) is 9.42. The summed E-state index contributed by atoms with van der Waals surface area (Å²) in [6, 6.07) is 5.15. The minimum atomic E-state index is -0.777. The van der Waals surface area contributed by atoms with E-state index >= 15 is 0 Å². The molecule has 0 saturated carbocycles. The van der Waals surface area contributed by atoms with E-state index in [9.17, 15) is 4.79 Å². The Labute approximate surface area is 69.2 Å². The third kappa shape index (κ3) is 1.64. The summed E-state index contributed by atoms with van der Waals surface area (Å²) in [4.78, 5) is 10.6. The summed E-state index contributed by atoms with van der Waals surface area (Å²) < 4.78 is 0. The molecule has 0 unspecified atom stereocenters. The Morgan fingerprint density at radius 2 is 2.17 bits per heavy atom. The number of rotatable bonds is 1. The molecule has 12 heavy (non-hydrogen) atoms. The highest BCUT2D eigenvalue weighted by molar-refractivity contribution is 5.89. The van der Waals surface area contributed by atoms with Crippen molar-refractivity contribution < 1.29 is 9.90 Å². The lowest BCUT2D eigenvalue weighted by Crippen LogP contribution is -2.41. The monoisotopic (exact) mass is 167 g/mol. The number of anilines is 1. The molecular formula is C7H9N3O2. The van der Waals surface area contributed by atoms with Crippen molar-refractivity contribution in [3.8, 4) is 5.75 Å². The largest absolute Gasteiger partial charge is 0.508 e. The first-order valence-corrected chi connectivity index (χ1v) is 3.24. The molecule has 64 valence electrons. The van der Waals surface area contributed by atoms with Gasteiger partial charge in [-0.1, -0.05) is 6.07 Å². The second kappa shape index (κ2) is 3.10. The zero-order chi connectivity index (χ0) is 9.14. The topological polar surface area (TPSA) is 92.6 Å². The van der Waals surface area contributed by atoms with Gasteiger partial charge in [-0.3, -0.25) is 0 Å². The number of carbonyl (C=O) groups is 1. The van der Waals surface area contributed by atoms with E-state index in [0.717, 1.165) is 5.01 Å². The summed E-state index contributed by atoms with van der Waals surface area (Å²) in [5.41, 5.74) is 5.25. The van der Waals surface area contributed by atoms with Crippen molar-refractivity contribution in [2.45, 2.75) is 0 Å². The minimum absolute atomic E-state index is 0.0317. The zero-order valence-electron chi connectivity index (χ0n) is 6.27. The van der Waals surface area contributed by atoms with Crippen molar-refractivity contribution in [2.24, 2.45) is 11.6 Å². The van der Waals surface area contributed by atoms with Gasteiger partial charge in [0.05, 0.1) is 5.69 Å². The standard InChI is InChI=1S/C7H9N3O2/c8-7(12)10(9)5-2-1-3-6(11)4-5/h1-4,11H,9H2,(H2,8,12). The van der Waals surface area contributed by atoms with Crippen LogP contribution in [0.5, 0.6) is 5.75 Å². The van der Waals surface area contributed by atoms with Gasteiger partial charge in [-0.15, -0.1) is 0 Å². The van der Waals surface area contributed by atoms with Crippen LogP contribution in [-0.4, -0.2) is 11.1 Å². The van der Waals surface area contributed by atoms with E-state index in [-0.39, 0.29) is 5.75 Å². The van der Waals surface area contributed by atoms with E-state index in [4.69, 9.17) is 16.7 Å². The Balaban J connectivity index is 2.95.